The predicted octanol–water partition coefficient (Wildman–Crippen LogP) is 4.81. The highest BCUT2D eigenvalue weighted by molar-refractivity contribution is 5.86. The minimum atomic E-state index is -0.525. The molecule has 0 aromatic heterocycles. The number of ether oxygens (including phenoxy) is 1. The number of carbonyl (C=O) groups excluding carboxylic acids is 2. The maximum absolute atomic E-state index is 11.6. The monoisotopic (exact) mass is 371 g/mol. The lowest BCUT2D eigenvalue weighted by Gasteiger charge is -2.32. The van der Waals surface area contributed by atoms with E-state index in [1.54, 1.807) is 0 Å². The van der Waals surface area contributed by atoms with Crippen molar-refractivity contribution in [3.63, 3.8) is 0 Å². The van der Waals surface area contributed by atoms with Gasteiger partial charge in [-0.1, -0.05) is 55.4 Å². The van der Waals surface area contributed by atoms with E-state index < -0.39 is 5.97 Å². The van der Waals surface area contributed by atoms with Crippen LogP contribution in [0.3, 0.4) is 0 Å². The van der Waals surface area contributed by atoms with Crippen molar-refractivity contribution in [3.8, 4) is 0 Å². The summed E-state index contributed by atoms with van der Waals surface area (Å²) in [6.45, 7) is 10.5. The highest BCUT2D eigenvalue weighted by Gasteiger charge is 2.26. The zero-order valence-electron chi connectivity index (χ0n) is 17.5. The molecule has 27 heavy (non-hydrogen) atoms. The number of amides is 1. The predicted molar refractivity (Wildman–Crippen MR) is 111 cm³/mol. The highest BCUT2D eigenvalue weighted by atomic mass is 16.5. The van der Waals surface area contributed by atoms with Crippen molar-refractivity contribution in [1.29, 1.82) is 0 Å². The first-order chi connectivity index (χ1) is 12.7. The SMILES string of the molecule is CNC(=O)COC(=O)/C=C(/C)C=CC=C(C)C=CC1=C(C)CCCC1(C)C. The van der Waals surface area contributed by atoms with Gasteiger partial charge in [0.2, 0.25) is 0 Å². The van der Waals surface area contributed by atoms with Crippen molar-refractivity contribution in [3.05, 3.63) is 58.7 Å². The second-order valence-electron chi connectivity index (χ2n) is 7.70. The van der Waals surface area contributed by atoms with Crippen LogP contribution in [-0.4, -0.2) is 25.5 Å². The Morgan fingerprint density at radius 1 is 1.19 bits per heavy atom. The lowest BCUT2D eigenvalue weighted by molar-refractivity contribution is -0.143. The van der Waals surface area contributed by atoms with Crippen molar-refractivity contribution in [2.45, 2.75) is 53.9 Å². The molecule has 1 aliphatic rings. The van der Waals surface area contributed by atoms with Crippen molar-refractivity contribution in [2.24, 2.45) is 5.41 Å². The normalized spacial score (nSPS) is 18.3. The Morgan fingerprint density at radius 3 is 2.52 bits per heavy atom. The lowest BCUT2D eigenvalue weighted by Crippen LogP contribution is -2.24. The molecule has 4 nitrogen and oxygen atoms in total. The Hall–Kier alpha value is -2.36. The van der Waals surface area contributed by atoms with Gasteiger partial charge in [-0.25, -0.2) is 4.79 Å². The fraction of sp³-hybridized carbons (Fsp3) is 0.478. The molecule has 148 valence electrons. The first kappa shape index (κ1) is 22.7. The fourth-order valence-corrected chi connectivity index (χ4v) is 3.12. The van der Waals surface area contributed by atoms with E-state index >= 15 is 0 Å². The van der Waals surface area contributed by atoms with Gasteiger partial charge in [-0.15, -0.1) is 0 Å². The highest BCUT2D eigenvalue weighted by Crippen LogP contribution is 2.40. The molecule has 0 spiro atoms. The van der Waals surface area contributed by atoms with Gasteiger partial charge in [0.1, 0.15) is 0 Å². The van der Waals surface area contributed by atoms with Crippen LogP contribution >= 0.6 is 0 Å². The van der Waals surface area contributed by atoms with Crippen LogP contribution in [0.4, 0.5) is 0 Å². The van der Waals surface area contributed by atoms with Gasteiger partial charge in [-0.3, -0.25) is 4.79 Å². The average molecular weight is 372 g/mol. The third kappa shape index (κ3) is 8.25. The summed E-state index contributed by atoms with van der Waals surface area (Å²) < 4.78 is 4.84. The van der Waals surface area contributed by atoms with Crippen LogP contribution in [0, 0.1) is 5.41 Å². The number of likely N-dealkylation sites (N-methyl/N-ethyl adjacent to an activating group) is 1. The Labute approximate surface area is 163 Å². The van der Waals surface area contributed by atoms with E-state index in [0.717, 1.165) is 11.1 Å². The van der Waals surface area contributed by atoms with Crippen LogP contribution in [-0.2, 0) is 14.3 Å². The van der Waals surface area contributed by atoms with Gasteiger partial charge in [0, 0.05) is 13.1 Å². The van der Waals surface area contributed by atoms with Crippen molar-refractivity contribution in [2.75, 3.05) is 13.7 Å². The molecule has 1 rings (SSSR count). The third-order valence-electron chi connectivity index (χ3n) is 4.74. The maximum atomic E-state index is 11.6. The largest absolute Gasteiger partial charge is 0.452 e. The summed E-state index contributed by atoms with van der Waals surface area (Å²) in [5.74, 6) is -0.856. The molecular weight excluding hydrogens is 338 g/mol. The topological polar surface area (TPSA) is 55.4 Å². The molecule has 1 amide bonds. The molecule has 0 saturated carbocycles. The van der Waals surface area contributed by atoms with Crippen LogP contribution in [0.2, 0.25) is 0 Å². The van der Waals surface area contributed by atoms with Crippen LogP contribution in [0.5, 0.6) is 0 Å². The average Bonchev–Trinajstić information content (AvgIpc) is 2.58. The molecule has 0 radical (unpaired) electrons. The molecule has 0 aromatic rings. The van der Waals surface area contributed by atoms with Crippen molar-refractivity contribution < 1.29 is 14.3 Å². The summed E-state index contributed by atoms with van der Waals surface area (Å²) in [6, 6.07) is 0. The Kier molecular flexibility index (Phi) is 8.99. The van der Waals surface area contributed by atoms with Crippen LogP contribution in [0.25, 0.3) is 0 Å². The fourth-order valence-electron chi connectivity index (χ4n) is 3.12. The standard InChI is InChI=1S/C23H33NO3/c1-17(12-13-20-19(3)11-8-14-23(20,4)5)9-7-10-18(2)15-22(26)27-16-21(25)24-6/h7,9-10,12-13,15H,8,11,14,16H2,1-6H3,(H,24,25)/b10-7?,13-12?,17-9?,18-15-. The molecule has 0 aliphatic heterocycles. The van der Waals surface area contributed by atoms with Gasteiger partial charge >= 0.3 is 5.97 Å². The minimum Gasteiger partial charge on any atom is -0.452 e. The van der Waals surface area contributed by atoms with Crippen molar-refractivity contribution in [1.82, 2.24) is 5.32 Å². The molecule has 0 bridgehead atoms. The molecule has 0 saturated heterocycles. The molecule has 0 fully saturated rings. The summed E-state index contributed by atoms with van der Waals surface area (Å²) in [7, 11) is 1.50. The van der Waals surface area contributed by atoms with Gasteiger partial charge in [0.15, 0.2) is 6.61 Å². The van der Waals surface area contributed by atoms with E-state index in [1.165, 1.54) is 43.5 Å². The minimum absolute atomic E-state index is 0.239. The Bertz CT molecular complexity index is 703. The van der Waals surface area contributed by atoms with E-state index in [4.69, 9.17) is 4.74 Å². The van der Waals surface area contributed by atoms with E-state index in [9.17, 15) is 9.59 Å². The molecule has 0 unspecified atom stereocenters. The van der Waals surface area contributed by atoms with Gasteiger partial charge in [-0.05, 0) is 56.6 Å². The summed E-state index contributed by atoms with van der Waals surface area (Å²) in [5.41, 5.74) is 5.07. The molecule has 1 N–H and O–H groups in total. The number of rotatable bonds is 7. The summed E-state index contributed by atoms with van der Waals surface area (Å²) in [6.07, 6.45) is 15.2. The second kappa shape index (κ2) is 10.7. The quantitative estimate of drug-likeness (QED) is 0.397. The third-order valence-corrected chi connectivity index (χ3v) is 4.74. The van der Waals surface area contributed by atoms with E-state index in [2.05, 4.69) is 45.2 Å². The molecule has 1 aliphatic carbocycles. The van der Waals surface area contributed by atoms with Crippen LogP contribution < -0.4 is 5.32 Å². The zero-order chi connectivity index (χ0) is 20.4. The molecule has 0 aromatic carbocycles. The number of nitrogens with one attached hydrogen (secondary N) is 1. The Morgan fingerprint density at radius 2 is 1.89 bits per heavy atom. The number of hydrogen-bond acceptors (Lipinski definition) is 3. The molecule has 4 heteroatoms. The van der Waals surface area contributed by atoms with Crippen LogP contribution in [0.1, 0.15) is 53.9 Å². The Balaban J connectivity index is 2.66. The van der Waals surface area contributed by atoms with Gasteiger partial charge in [-0.2, -0.15) is 0 Å². The van der Waals surface area contributed by atoms with E-state index in [-0.39, 0.29) is 17.9 Å². The maximum Gasteiger partial charge on any atom is 0.331 e. The van der Waals surface area contributed by atoms with Crippen LogP contribution in [0.15, 0.2) is 58.7 Å². The summed E-state index contributed by atoms with van der Waals surface area (Å²) in [5, 5.41) is 2.40. The number of hydrogen-bond donors (Lipinski definition) is 1. The number of esters is 1. The van der Waals surface area contributed by atoms with E-state index in [0.29, 0.717) is 0 Å². The molecular formula is C23H33NO3. The smallest absolute Gasteiger partial charge is 0.331 e. The second-order valence-corrected chi connectivity index (χ2v) is 7.70. The molecule has 0 heterocycles. The molecule has 0 atom stereocenters. The van der Waals surface area contributed by atoms with Crippen molar-refractivity contribution >= 4 is 11.9 Å². The first-order valence-electron chi connectivity index (χ1n) is 9.44. The number of allylic oxidation sites excluding steroid dienone is 9. The lowest BCUT2D eigenvalue weighted by atomic mass is 9.72. The summed E-state index contributed by atoms with van der Waals surface area (Å²) in [4.78, 5) is 22.6. The van der Waals surface area contributed by atoms with Gasteiger partial charge < -0.3 is 10.1 Å². The van der Waals surface area contributed by atoms with E-state index in [1.807, 2.05) is 25.2 Å². The summed E-state index contributed by atoms with van der Waals surface area (Å²) >= 11 is 0. The van der Waals surface area contributed by atoms with Gasteiger partial charge in [0.05, 0.1) is 0 Å². The zero-order valence-corrected chi connectivity index (χ0v) is 17.5. The first-order valence-corrected chi connectivity index (χ1v) is 9.44. The van der Waals surface area contributed by atoms with Gasteiger partial charge in [0.25, 0.3) is 5.91 Å². The number of carbonyl (C=O) groups is 2.